The van der Waals surface area contributed by atoms with E-state index in [-0.39, 0.29) is 0 Å². The van der Waals surface area contributed by atoms with Gasteiger partial charge in [0.2, 0.25) is 0 Å². The van der Waals surface area contributed by atoms with Crippen LogP contribution in [0.5, 0.6) is 0 Å². The third kappa shape index (κ3) is 3.67. The van der Waals surface area contributed by atoms with Crippen LogP contribution in [-0.2, 0) is 17.8 Å². The molecule has 3 heteroatoms. The zero-order valence-corrected chi connectivity index (χ0v) is 11.1. The number of ether oxygens (including phenoxy) is 1. The van der Waals surface area contributed by atoms with E-state index in [1.54, 1.807) is 7.11 Å². The van der Waals surface area contributed by atoms with E-state index in [2.05, 4.69) is 35.2 Å². The largest absolute Gasteiger partial charge is 0.380 e. The van der Waals surface area contributed by atoms with Gasteiger partial charge in [0.1, 0.15) is 0 Å². The molecule has 0 fully saturated rings. The van der Waals surface area contributed by atoms with Gasteiger partial charge < -0.3 is 10.5 Å². The average Bonchev–Trinajstić information content (AvgIpc) is 2.42. The molecule has 0 aliphatic carbocycles. The quantitative estimate of drug-likeness (QED) is 0.807. The van der Waals surface area contributed by atoms with E-state index in [0.717, 1.165) is 32.7 Å². The van der Waals surface area contributed by atoms with Gasteiger partial charge in [0.25, 0.3) is 0 Å². The molecule has 98 valence electrons. The lowest BCUT2D eigenvalue weighted by Crippen LogP contribution is -2.29. The number of methoxy groups -OCH3 is 1. The van der Waals surface area contributed by atoms with Gasteiger partial charge in [-0.1, -0.05) is 30.3 Å². The lowest BCUT2D eigenvalue weighted by Gasteiger charge is -2.26. The topological polar surface area (TPSA) is 38.5 Å². The Hall–Kier alpha value is -1.16. The molecule has 1 heterocycles. The van der Waals surface area contributed by atoms with Crippen LogP contribution < -0.4 is 5.73 Å². The first kappa shape index (κ1) is 13.3. The number of nitrogens with zero attached hydrogens (tertiary/aromatic N) is 1. The first-order chi connectivity index (χ1) is 8.81. The highest BCUT2D eigenvalue weighted by molar-refractivity contribution is 5.23. The van der Waals surface area contributed by atoms with Crippen molar-refractivity contribution in [2.75, 3.05) is 26.8 Å². The zero-order chi connectivity index (χ0) is 12.8. The van der Waals surface area contributed by atoms with Crippen LogP contribution in [0.25, 0.3) is 0 Å². The Bertz CT molecular complexity index is 415. The van der Waals surface area contributed by atoms with Gasteiger partial charge >= 0.3 is 0 Å². The number of hydrogen-bond acceptors (Lipinski definition) is 3. The molecule has 2 N–H and O–H groups in total. The molecule has 1 aliphatic heterocycles. The van der Waals surface area contributed by atoms with Gasteiger partial charge in [-0.25, -0.2) is 0 Å². The highest BCUT2D eigenvalue weighted by Crippen LogP contribution is 2.14. The van der Waals surface area contributed by atoms with Crippen molar-refractivity contribution in [3.63, 3.8) is 0 Å². The molecule has 1 aromatic carbocycles. The Morgan fingerprint density at radius 2 is 2.17 bits per heavy atom. The minimum absolute atomic E-state index is 0.617. The van der Waals surface area contributed by atoms with Crippen molar-refractivity contribution < 1.29 is 4.74 Å². The molecule has 0 saturated carbocycles. The van der Waals surface area contributed by atoms with Crippen LogP contribution in [0.2, 0.25) is 0 Å². The lowest BCUT2D eigenvalue weighted by molar-refractivity contribution is 0.210. The Kier molecular flexibility index (Phi) is 4.93. The van der Waals surface area contributed by atoms with Crippen molar-refractivity contribution in [1.29, 1.82) is 0 Å². The molecular formula is C15H22N2O. The summed E-state index contributed by atoms with van der Waals surface area (Å²) < 4.78 is 5.16. The Morgan fingerprint density at radius 3 is 2.83 bits per heavy atom. The first-order valence-corrected chi connectivity index (χ1v) is 6.49. The lowest BCUT2D eigenvalue weighted by atomic mass is 10.1. The molecule has 0 amide bonds. The summed E-state index contributed by atoms with van der Waals surface area (Å²) in [5, 5.41) is 0. The summed E-state index contributed by atoms with van der Waals surface area (Å²) >= 11 is 0. The maximum atomic E-state index is 5.67. The molecule has 0 saturated heterocycles. The molecule has 3 nitrogen and oxygen atoms in total. The van der Waals surface area contributed by atoms with Crippen molar-refractivity contribution >= 4 is 0 Å². The molecule has 2 rings (SSSR count). The molecule has 18 heavy (non-hydrogen) atoms. The van der Waals surface area contributed by atoms with Gasteiger partial charge in [0.05, 0.1) is 6.61 Å². The zero-order valence-electron chi connectivity index (χ0n) is 11.1. The summed E-state index contributed by atoms with van der Waals surface area (Å²) in [5.41, 5.74) is 9.64. The molecule has 0 atom stereocenters. The van der Waals surface area contributed by atoms with Crippen LogP contribution in [0, 0.1) is 0 Å². The molecular weight excluding hydrogens is 224 g/mol. The minimum Gasteiger partial charge on any atom is -0.380 e. The van der Waals surface area contributed by atoms with E-state index in [9.17, 15) is 0 Å². The molecule has 0 aromatic heterocycles. The monoisotopic (exact) mass is 246 g/mol. The number of rotatable bonds is 5. The summed E-state index contributed by atoms with van der Waals surface area (Å²) in [6, 6.07) is 8.55. The summed E-state index contributed by atoms with van der Waals surface area (Å²) in [6.07, 6.45) is 3.41. The van der Waals surface area contributed by atoms with Gasteiger partial charge in [-0.05, 0) is 23.1 Å². The van der Waals surface area contributed by atoms with Gasteiger partial charge in [0.15, 0.2) is 0 Å². The van der Waals surface area contributed by atoms with Crippen LogP contribution >= 0.6 is 0 Å². The average molecular weight is 246 g/mol. The first-order valence-electron chi connectivity index (χ1n) is 6.49. The normalized spacial score (nSPS) is 16.7. The van der Waals surface area contributed by atoms with Crippen molar-refractivity contribution in [1.82, 2.24) is 4.90 Å². The molecule has 0 unspecified atom stereocenters. The Morgan fingerprint density at radius 1 is 1.33 bits per heavy atom. The van der Waals surface area contributed by atoms with E-state index in [4.69, 9.17) is 10.5 Å². The fraction of sp³-hybridized carbons (Fsp3) is 0.467. The minimum atomic E-state index is 0.617. The van der Waals surface area contributed by atoms with Gasteiger partial charge in [-0.2, -0.15) is 0 Å². The second kappa shape index (κ2) is 6.69. The number of hydrogen-bond donors (Lipinski definition) is 1. The summed E-state index contributed by atoms with van der Waals surface area (Å²) in [7, 11) is 1.76. The molecule has 0 radical (unpaired) electrons. The fourth-order valence-electron chi connectivity index (χ4n) is 2.33. The highest BCUT2D eigenvalue weighted by atomic mass is 16.5. The third-order valence-corrected chi connectivity index (χ3v) is 3.35. The predicted molar refractivity (Wildman–Crippen MR) is 74.2 cm³/mol. The van der Waals surface area contributed by atoms with Crippen LogP contribution in [0.15, 0.2) is 35.9 Å². The van der Waals surface area contributed by atoms with Crippen LogP contribution in [0.4, 0.5) is 0 Å². The SMILES string of the molecule is COCC1=CCN(Cc2cccc(CN)c2)CC1. The second-order valence-electron chi connectivity index (χ2n) is 4.80. The summed E-state index contributed by atoms with van der Waals surface area (Å²) in [6.45, 7) is 4.53. The highest BCUT2D eigenvalue weighted by Gasteiger charge is 2.11. The predicted octanol–water partition coefficient (Wildman–Crippen LogP) is 1.92. The van der Waals surface area contributed by atoms with Gasteiger partial charge in [-0.15, -0.1) is 0 Å². The van der Waals surface area contributed by atoms with Crippen molar-refractivity contribution in [2.24, 2.45) is 5.73 Å². The smallest absolute Gasteiger partial charge is 0.0673 e. The van der Waals surface area contributed by atoms with E-state index < -0.39 is 0 Å². The maximum Gasteiger partial charge on any atom is 0.0673 e. The summed E-state index contributed by atoms with van der Waals surface area (Å²) in [5.74, 6) is 0. The van der Waals surface area contributed by atoms with Crippen molar-refractivity contribution in [3.05, 3.63) is 47.0 Å². The van der Waals surface area contributed by atoms with Crippen molar-refractivity contribution in [3.8, 4) is 0 Å². The molecule has 0 spiro atoms. The Labute approximate surface area is 109 Å². The number of nitrogens with two attached hydrogens (primary N) is 1. The summed E-state index contributed by atoms with van der Waals surface area (Å²) in [4.78, 5) is 2.45. The molecule has 1 aliphatic rings. The van der Waals surface area contributed by atoms with E-state index in [1.165, 1.54) is 16.7 Å². The fourth-order valence-corrected chi connectivity index (χ4v) is 2.33. The van der Waals surface area contributed by atoms with Crippen LogP contribution in [-0.4, -0.2) is 31.7 Å². The third-order valence-electron chi connectivity index (χ3n) is 3.35. The second-order valence-corrected chi connectivity index (χ2v) is 4.80. The van der Waals surface area contributed by atoms with E-state index in [0.29, 0.717) is 6.54 Å². The molecule has 0 bridgehead atoms. The van der Waals surface area contributed by atoms with Crippen LogP contribution in [0.1, 0.15) is 17.5 Å². The van der Waals surface area contributed by atoms with E-state index >= 15 is 0 Å². The van der Waals surface area contributed by atoms with Crippen molar-refractivity contribution in [2.45, 2.75) is 19.5 Å². The van der Waals surface area contributed by atoms with Gasteiger partial charge in [-0.3, -0.25) is 4.90 Å². The van der Waals surface area contributed by atoms with E-state index in [1.807, 2.05) is 0 Å². The molecule has 1 aromatic rings. The Balaban J connectivity index is 1.91. The maximum absolute atomic E-state index is 5.67. The standard InChI is InChI=1S/C15H22N2O/c1-18-12-13-5-7-17(8-6-13)11-15-4-2-3-14(9-15)10-16/h2-5,9H,6-8,10-12,16H2,1H3. The number of benzene rings is 1. The van der Waals surface area contributed by atoms with Gasteiger partial charge in [0, 0.05) is 33.3 Å². The van der Waals surface area contributed by atoms with Crippen LogP contribution in [0.3, 0.4) is 0 Å².